The third kappa shape index (κ3) is 47.2. The van der Waals surface area contributed by atoms with Gasteiger partial charge in [-0.15, -0.1) is 0 Å². The molecule has 1 unspecified atom stereocenters. The largest absolute Gasteiger partial charge is 0.462 e. The zero-order valence-electron chi connectivity index (χ0n) is 40.5. The predicted molar refractivity (Wildman–Crippen MR) is 256 cm³/mol. The molecule has 60 heavy (non-hydrogen) atoms. The van der Waals surface area contributed by atoms with Crippen LogP contribution in [-0.2, 0) is 28.6 Å². The highest BCUT2D eigenvalue weighted by molar-refractivity contribution is 5.71. The Morgan fingerprint density at radius 3 is 0.833 bits per heavy atom. The molecule has 6 heteroatoms. The number of esters is 3. The Balaban J connectivity index is 4.14. The summed E-state index contributed by atoms with van der Waals surface area (Å²) in [7, 11) is 0. The third-order valence-electron chi connectivity index (χ3n) is 12.0. The van der Waals surface area contributed by atoms with Crippen molar-refractivity contribution in [3.8, 4) is 0 Å². The zero-order chi connectivity index (χ0) is 43.7. The highest BCUT2D eigenvalue weighted by Gasteiger charge is 2.19. The molecule has 0 N–H and O–H groups in total. The summed E-state index contributed by atoms with van der Waals surface area (Å²) in [5, 5.41) is 0. The zero-order valence-corrected chi connectivity index (χ0v) is 40.5. The molecule has 1 atom stereocenters. The topological polar surface area (TPSA) is 78.9 Å². The molecule has 0 rings (SSSR count). The number of allylic oxidation sites excluding steroid dienone is 2. The summed E-state index contributed by atoms with van der Waals surface area (Å²) in [5.41, 5.74) is 0. The molecule has 0 heterocycles. The number of carbonyl (C=O) groups excluding carboxylic acids is 3. The van der Waals surface area contributed by atoms with E-state index in [1.54, 1.807) is 0 Å². The predicted octanol–water partition coefficient (Wildman–Crippen LogP) is 17.4. The van der Waals surface area contributed by atoms with Gasteiger partial charge in [0.15, 0.2) is 6.10 Å². The summed E-state index contributed by atoms with van der Waals surface area (Å²) in [6.45, 7) is 6.62. The quantitative estimate of drug-likeness (QED) is 0.0263. The lowest BCUT2D eigenvalue weighted by Gasteiger charge is -2.18. The van der Waals surface area contributed by atoms with Gasteiger partial charge in [-0.2, -0.15) is 0 Å². The van der Waals surface area contributed by atoms with E-state index in [1.807, 2.05) is 0 Å². The standard InChI is InChI=1S/C54H102O6/c1-4-7-10-13-16-18-20-22-24-26-27-29-30-32-34-36-38-41-44-47-53(56)59-50-51(49-58-52(55)46-43-40-15-12-9-6-3)60-54(57)48-45-42-39-37-35-33-31-28-25-23-21-19-17-14-11-8-5-2/h22,24,51H,4-21,23,25-50H2,1-3H3/b24-22-. The van der Waals surface area contributed by atoms with Crippen LogP contribution in [0.4, 0.5) is 0 Å². The van der Waals surface area contributed by atoms with Gasteiger partial charge >= 0.3 is 17.9 Å². The second kappa shape index (κ2) is 49.8. The van der Waals surface area contributed by atoms with Crippen LogP contribution >= 0.6 is 0 Å². The summed E-state index contributed by atoms with van der Waals surface area (Å²) in [5.74, 6) is -0.861. The molecule has 0 aromatic carbocycles. The van der Waals surface area contributed by atoms with Crippen molar-refractivity contribution in [2.24, 2.45) is 0 Å². The average molecular weight is 847 g/mol. The van der Waals surface area contributed by atoms with Gasteiger partial charge in [-0.1, -0.05) is 245 Å². The van der Waals surface area contributed by atoms with E-state index in [0.717, 1.165) is 57.8 Å². The van der Waals surface area contributed by atoms with Gasteiger partial charge in [0.25, 0.3) is 0 Å². The van der Waals surface area contributed by atoms with Gasteiger partial charge in [-0.3, -0.25) is 14.4 Å². The minimum absolute atomic E-state index is 0.0666. The van der Waals surface area contributed by atoms with Crippen molar-refractivity contribution in [3.05, 3.63) is 12.2 Å². The Labute approximate surface area is 373 Å². The Morgan fingerprint density at radius 2 is 0.550 bits per heavy atom. The summed E-state index contributed by atoms with van der Waals surface area (Å²) in [6.07, 6.45) is 55.1. The highest BCUT2D eigenvalue weighted by atomic mass is 16.6. The number of carbonyl (C=O) groups is 3. The van der Waals surface area contributed by atoms with E-state index < -0.39 is 6.10 Å². The molecule has 0 spiro atoms. The van der Waals surface area contributed by atoms with Gasteiger partial charge in [0.05, 0.1) is 0 Å². The van der Waals surface area contributed by atoms with Gasteiger partial charge in [-0.05, 0) is 44.9 Å². The molecule has 0 aliphatic rings. The lowest BCUT2D eigenvalue weighted by molar-refractivity contribution is -0.167. The van der Waals surface area contributed by atoms with Gasteiger partial charge in [0.1, 0.15) is 13.2 Å². The molecule has 0 bridgehead atoms. The maximum absolute atomic E-state index is 12.8. The van der Waals surface area contributed by atoms with Gasteiger partial charge < -0.3 is 14.2 Å². The Bertz CT molecular complexity index is 931. The first kappa shape index (κ1) is 58.1. The van der Waals surface area contributed by atoms with Crippen molar-refractivity contribution in [1.29, 1.82) is 0 Å². The van der Waals surface area contributed by atoms with Crippen LogP contribution in [-0.4, -0.2) is 37.2 Å². The second-order valence-corrected chi connectivity index (χ2v) is 18.2. The van der Waals surface area contributed by atoms with Crippen molar-refractivity contribution in [3.63, 3.8) is 0 Å². The number of hydrogen-bond donors (Lipinski definition) is 0. The van der Waals surface area contributed by atoms with Crippen LogP contribution in [0.15, 0.2) is 12.2 Å². The van der Waals surface area contributed by atoms with Crippen molar-refractivity contribution < 1.29 is 28.6 Å². The monoisotopic (exact) mass is 847 g/mol. The van der Waals surface area contributed by atoms with E-state index in [1.165, 1.54) is 199 Å². The van der Waals surface area contributed by atoms with Crippen molar-refractivity contribution in [2.45, 2.75) is 303 Å². The molecular weight excluding hydrogens is 745 g/mol. The number of unbranched alkanes of at least 4 members (excludes halogenated alkanes) is 36. The summed E-state index contributed by atoms with van der Waals surface area (Å²) < 4.78 is 16.7. The minimum Gasteiger partial charge on any atom is -0.462 e. The summed E-state index contributed by atoms with van der Waals surface area (Å²) >= 11 is 0. The van der Waals surface area contributed by atoms with E-state index in [-0.39, 0.29) is 31.1 Å². The number of rotatable bonds is 49. The molecule has 0 aromatic heterocycles. The summed E-state index contributed by atoms with van der Waals surface area (Å²) in [4.78, 5) is 37.8. The lowest BCUT2D eigenvalue weighted by Crippen LogP contribution is -2.30. The molecule has 0 amide bonds. The van der Waals surface area contributed by atoms with Crippen LogP contribution in [0.3, 0.4) is 0 Å². The van der Waals surface area contributed by atoms with E-state index in [2.05, 4.69) is 32.9 Å². The first-order valence-corrected chi connectivity index (χ1v) is 26.7. The SMILES string of the molecule is CCCCCCCC/C=C\CCCCCCCCCCCC(=O)OCC(COC(=O)CCCCCCCC)OC(=O)CCCCCCCCCCCCCCCCCCC. The van der Waals surface area contributed by atoms with E-state index in [4.69, 9.17) is 14.2 Å². The maximum atomic E-state index is 12.8. The normalized spacial score (nSPS) is 12.0. The minimum atomic E-state index is -0.762. The molecule has 0 saturated heterocycles. The Kier molecular flexibility index (Phi) is 48.3. The molecule has 6 nitrogen and oxygen atoms in total. The van der Waals surface area contributed by atoms with Crippen LogP contribution < -0.4 is 0 Å². The molecule has 0 saturated carbocycles. The molecule has 0 aromatic rings. The molecular formula is C54H102O6. The first-order valence-electron chi connectivity index (χ1n) is 26.7. The molecule has 0 aliphatic carbocycles. The molecule has 0 fully saturated rings. The fraction of sp³-hybridized carbons (Fsp3) is 0.907. The van der Waals surface area contributed by atoms with Crippen molar-refractivity contribution >= 4 is 17.9 Å². The van der Waals surface area contributed by atoms with Crippen LogP contribution in [0.2, 0.25) is 0 Å². The Hall–Kier alpha value is -1.85. The van der Waals surface area contributed by atoms with Crippen LogP contribution in [0, 0.1) is 0 Å². The van der Waals surface area contributed by atoms with Crippen LogP contribution in [0.25, 0.3) is 0 Å². The fourth-order valence-corrected chi connectivity index (χ4v) is 7.97. The summed E-state index contributed by atoms with van der Waals surface area (Å²) in [6, 6.07) is 0. The van der Waals surface area contributed by atoms with Crippen LogP contribution in [0.5, 0.6) is 0 Å². The fourth-order valence-electron chi connectivity index (χ4n) is 7.97. The number of ether oxygens (including phenoxy) is 3. The maximum Gasteiger partial charge on any atom is 0.306 e. The van der Waals surface area contributed by atoms with Gasteiger partial charge in [0.2, 0.25) is 0 Å². The number of hydrogen-bond acceptors (Lipinski definition) is 6. The Morgan fingerprint density at radius 1 is 0.317 bits per heavy atom. The van der Waals surface area contributed by atoms with E-state index in [0.29, 0.717) is 19.3 Å². The first-order chi connectivity index (χ1) is 29.5. The highest BCUT2D eigenvalue weighted by Crippen LogP contribution is 2.16. The molecule has 0 aliphatic heterocycles. The van der Waals surface area contributed by atoms with Crippen LogP contribution in [0.1, 0.15) is 297 Å². The van der Waals surface area contributed by atoms with Gasteiger partial charge in [-0.25, -0.2) is 0 Å². The third-order valence-corrected chi connectivity index (χ3v) is 12.0. The van der Waals surface area contributed by atoms with E-state index in [9.17, 15) is 14.4 Å². The smallest absolute Gasteiger partial charge is 0.306 e. The molecule has 0 radical (unpaired) electrons. The lowest BCUT2D eigenvalue weighted by atomic mass is 10.0. The average Bonchev–Trinajstić information content (AvgIpc) is 3.24. The van der Waals surface area contributed by atoms with Gasteiger partial charge in [0, 0.05) is 19.3 Å². The van der Waals surface area contributed by atoms with E-state index >= 15 is 0 Å². The molecule has 354 valence electrons. The van der Waals surface area contributed by atoms with Crippen molar-refractivity contribution in [2.75, 3.05) is 13.2 Å². The second-order valence-electron chi connectivity index (χ2n) is 18.2. The van der Waals surface area contributed by atoms with Crippen molar-refractivity contribution in [1.82, 2.24) is 0 Å².